The smallest absolute Gasteiger partial charge is 0.345 e. The molecule has 28 heavy (non-hydrogen) atoms. The van der Waals surface area contributed by atoms with Crippen molar-refractivity contribution in [2.24, 2.45) is 7.05 Å². The van der Waals surface area contributed by atoms with Gasteiger partial charge in [0.05, 0.1) is 19.3 Å². The lowest BCUT2D eigenvalue weighted by Crippen LogP contribution is -2.34. The highest BCUT2D eigenvalue weighted by molar-refractivity contribution is 5.90. The van der Waals surface area contributed by atoms with E-state index in [1.54, 1.807) is 43.4 Å². The summed E-state index contributed by atoms with van der Waals surface area (Å²) in [6, 6.07) is 12.3. The monoisotopic (exact) mass is 385 g/mol. The van der Waals surface area contributed by atoms with Crippen molar-refractivity contribution >= 4 is 11.7 Å². The molecular weight excluding hydrogens is 365 g/mol. The van der Waals surface area contributed by atoms with E-state index in [0.717, 1.165) is 0 Å². The maximum Gasteiger partial charge on any atom is 0.345 e. The van der Waals surface area contributed by atoms with Crippen molar-refractivity contribution in [3.63, 3.8) is 0 Å². The predicted molar refractivity (Wildman–Crippen MR) is 103 cm³/mol. The van der Waals surface area contributed by atoms with Crippen molar-refractivity contribution in [2.45, 2.75) is 6.54 Å². The molecule has 3 rings (SSSR count). The van der Waals surface area contributed by atoms with Gasteiger partial charge in [-0.15, -0.1) is 5.10 Å². The highest BCUT2D eigenvalue weighted by Crippen LogP contribution is 2.22. The molecule has 9 heteroatoms. The number of ether oxygens (including phenoxy) is 1. The number of anilines is 1. The minimum Gasteiger partial charge on any atom is -0.495 e. The summed E-state index contributed by atoms with van der Waals surface area (Å²) >= 11 is 0. The van der Waals surface area contributed by atoms with Crippen LogP contribution in [0.3, 0.4) is 0 Å². The molecule has 2 aromatic carbocycles. The van der Waals surface area contributed by atoms with Crippen LogP contribution in [0.15, 0.2) is 53.3 Å². The van der Waals surface area contributed by atoms with Gasteiger partial charge >= 0.3 is 11.7 Å². The van der Waals surface area contributed by atoms with Crippen LogP contribution in [0, 0.1) is 5.82 Å². The van der Waals surface area contributed by atoms with Crippen LogP contribution in [0.4, 0.5) is 14.9 Å². The first kappa shape index (κ1) is 19.2. The fourth-order valence-electron chi connectivity index (χ4n) is 2.67. The SMILES string of the molecule is COc1ccccc1NC(=O)NCCn1nc(-c2ccc(F)cc2)n(C)c1=O. The number of halogens is 1. The van der Waals surface area contributed by atoms with Gasteiger partial charge < -0.3 is 15.4 Å². The highest BCUT2D eigenvalue weighted by Gasteiger charge is 2.12. The van der Waals surface area contributed by atoms with Gasteiger partial charge in [0.25, 0.3) is 0 Å². The van der Waals surface area contributed by atoms with Gasteiger partial charge in [0.1, 0.15) is 11.6 Å². The first-order chi connectivity index (χ1) is 13.5. The Hall–Kier alpha value is -3.62. The third-order valence-corrected chi connectivity index (χ3v) is 4.11. The van der Waals surface area contributed by atoms with Crippen molar-refractivity contribution in [3.05, 3.63) is 64.8 Å². The van der Waals surface area contributed by atoms with E-state index in [1.165, 1.54) is 28.5 Å². The topological polar surface area (TPSA) is 90.2 Å². The molecule has 0 bridgehead atoms. The van der Waals surface area contributed by atoms with E-state index in [0.29, 0.717) is 22.8 Å². The molecule has 0 aliphatic heterocycles. The number of carbonyl (C=O) groups is 1. The largest absolute Gasteiger partial charge is 0.495 e. The fourth-order valence-corrected chi connectivity index (χ4v) is 2.67. The van der Waals surface area contributed by atoms with E-state index in [2.05, 4.69) is 15.7 Å². The molecule has 2 amide bonds. The summed E-state index contributed by atoms with van der Waals surface area (Å²) in [6.07, 6.45) is 0. The van der Waals surface area contributed by atoms with Gasteiger partial charge in [-0.25, -0.2) is 18.7 Å². The van der Waals surface area contributed by atoms with Crippen molar-refractivity contribution in [3.8, 4) is 17.1 Å². The van der Waals surface area contributed by atoms with Crippen LogP contribution in [-0.2, 0) is 13.6 Å². The third-order valence-electron chi connectivity index (χ3n) is 4.11. The molecule has 146 valence electrons. The summed E-state index contributed by atoms with van der Waals surface area (Å²) in [7, 11) is 3.11. The predicted octanol–water partition coefficient (Wildman–Crippen LogP) is 2.22. The second-order valence-corrected chi connectivity index (χ2v) is 5.98. The third kappa shape index (κ3) is 4.20. The summed E-state index contributed by atoms with van der Waals surface area (Å²) in [5.41, 5.74) is 0.837. The van der Waals surface area contributed by atoms with Crippen LogP contribution in [0.1, 0.15) is 0 Å². The van der Waals surface area contributed by atoms with Gasteiger partial charge in [-0.2, -0.15) is 0 Å². The van der Waals surface area contributed by atoms with Crippen LogP contribution in [-0.4, -0.2) is 34.0 Å². The maximum absolute atomic E-state index is 13.1. The zero-order valence-corrected chi connectivity index (χ0v) is 15.5. The minimum absolute atomic E-state index is 0.188. The number of carbonyl (C=O) groups excluding carboxylic acids is 1. The Kier molecular flexibility index (Phi) is 5.73. The lowest BCUT2D eigenvalue weighted by atomic mass is 10.2. The second-order valence-electron chi connectivity index (χ2n) is 5.98. The standard InChI is InChI=1S/C19H20FN5O3/c1-24-17(13-7-9-14(20)10-8-13)23-25(19(24)27)12-11-21-18(26)22-15-5-3-4-6-16(15)28-2/h3-10H,11-12H2,1-2H3,(H2,21,22,26). The molecule has 8 nitrogen and oxygen atoms in total. The summed E-state index contributed by atoms with van der Waals surface area (Å²) in [4.78, 5) is 24.4. The number of hydrogen-bond acceptors (Lipinski definition) is 4. The van der Waals surface area contributed by atoms with E-state index in [4.69, 9.17) is 4.74 Å². The van der Waals surface area contributed by atoms with Crippen molar-refractivity contribution in [1.29, 1.82) is 0 Å². The average Bonchev–Trinajstić information content (AvgIpc) is 2.97. The Bertz CT molecular complexity index is 1030. The molecule has 0 saturated carbocycles. The van der Waals surface area contributed by atoms with Gasteiger partial charge in [0, 0.05) is 19.2 Å². The van der Waals surface area contributed by atoms with E-state index in [-0.39, 0.29) is 24.6 Å². The number of amides is 2. The molecule has 0 spiro atoms. The number of nitrogens with one attached hydrogen (secondary N) is 2. The molecule has 0 radical (unpaired) electrons. The van der Waals surface area contributed by atoms with Crippen LogP contribution >= 0.6 is 0 Å². The summed E-state index contributed by atoms with van der Waals surface area (Å²) in [5.74, 6) is 0.601. The lowest BCUT2D eigenvalue weighted by molar-refractivity contribution is 0.251. The van der Waals surface area contributed by atoms with Gasteiger partial charge in [-0.3, -0.25) is 4.57 Å². The van der Waals surface area contributed by atoms with E-state index in [1.807, 2.05) is 0 Å². The molecule has 0 atom stereocenters. The van der Waals surface area contributed by atoms with Gasteiger partial charge in [0.15, 0.2) is 5.82 Å². The van der Waals surface area contributed by atoms with Gasteiger partial charge in [-0.1, -0.05) is 12.1 Å². The zero-order valence-electron chi connectivity index (χ0n) is 15.5. The van der Waals surface area contributed by atoms with Gasteiger partial charge in [0.2, 0.25) is 0 Å². The number of methoxy groups -OCH3 is 1. The maximum atomic E-state index is 13.1. The molecule has 1 heterocycles. The fraction of sp³-hybridized carbons (Fsp3) is 0.211. The molecule has 0 aliphatic carbocycles. The molecule has 0 saturated heterocycles. The molecular formula is C19H20FN5O3. The van der Waals surface area contributed by atoms with Crippen molar-refractivity contribution in [1.82, 2.24) is 19.7 Å². The Balaban J connectivity index is 1.62. The van der Waals surface area contributed by atoms with E-state index < -0.39 is 6.03 Å². The van der Waals surface area contributed by atoms with E-state index in [9.17, 15) is 14.0 Å². The van der Waals surface area contributed by atoms with Crippen LogP contribution < -0.4 is 21.1 Å². The number of rotatable bonds is 6. The molecule has 0 fully saturated rings. The summed E-state index contributed by atoms with van der Waals surface area (Å²) in [5, 5.41) is 9.63. The molecule has 2 N–H and O–H groups in total. The Labute approximate surface area is 160 Å². The van der Waals surface area contributed by atoms with Gasteiger partial charge in [-0.05, 0) is 36.4 Å². The Morgan fingerprint density at radius 2 is 1.89 bits per heavy atom. The van der Waals surface area contributed by atoms with Crippen molar-refractivity contribution in [2.75, 3.05) is 19.0 Å². The van der Waals surface area contributed by atoms with Crippen molar-refractivity contribution < 1.29 is 13.9 Å². The van der Waals surface area contributed by atoms with Crippen LogP contribution in [0.2, 0.25) is 0 Å². The van der Waals surface area contributed by atoms with E-state index >= 15 is 0 Å². The molecule has 0 aliphatic rings. The van der Waals surface area contributed by atoms with Crippen LogP contribution in [0.25, 0.3) is 11.4 Å². The number of nitrogens with zero attached hydrogens (tertiary/aromatic N) is 3. The van der Waals surface area contributed by atoms with Crippen LogP contribution in [0.5, 0.6) is 5.75 Å². The lowest BCUT2D eigenvalue weighted by Gasteiger charge is -2.10. The molecule has 0 unspecified atom stereocenters. The first-order valence-corrected chi connectivity index (χ1v) is 8.57. The highest BCUT2D eigenvalue weighted by atomic mass is 19.1. The number of para-hydroxylation sites is 2. The molecule has 3 aromatic rings. The second kappa shape index (κ2) is 8.38. The quantitative estimate of drug-likeness (QED) is 0.681. The average molecular weight is 385 g/mol. The molecule has 1 aromatic heterocycles. The number of benzene rings is 2. The minimum atomic E-state index is -0.424. The summed E-state index contributed by atoms with van der Waals surface area (Å²) in [6.45, 7) is 0.383. The Morgan fingerprint density at radius 1 is 1.18 bits per heavy atom. The Morgan fingerprint density at radius 3 is 2.61 bits per heavy atom. The number of hydrogen-bond donors (Lipinski definition) is 2. The number of aromatic nitrogens is 3. The number of urea groups is 1. The normalized spacial score (nSPS) is 10.5. The first-order valence-electron chi connectivity index (χ1n) is 8.57. The summed E-state index contributed by atoms with van der Waals surface area (Å²) < 4.78 is 20.9. The zero-order chi connectivity index (χ0) is 20.1.